The summed E-state index contributed by atoms with van der Waals surface area (Å²) in [6.45, 7) is -0.261. The second-order valence-corrected chi connectivity index (χ2v) is 6.38. The van der Waals surface area contributed by atoms with E-state index in [9.17, 15) is 9.90 Å². The molecule has 4 N–H and O–H groups in total. The van der Waals surface area contributed by atoms with Crippen LogP contribution in [0.2, 0.25) is 0 Å². The Labute approximate surface area is 147 Å². The number of hydrogen-bond donors (Lipinski definition) is 4. The van der Waals surface area contributed by atoms with Gasteiger partial charge in [0.25, 0.3) is 0 Å². The smallest absolute Gasteiger partial charge is 0.325 e. The summed E-state index contributed by atoms with van der Waals surface area (Å²) in [4.78, 5) is 12.1. The first kappa shape index (κ1) is 17.5. The zero-order chi connectivity index (χ0) is 17.8. The van der Waals surface area contributed by atoms with E-state index < -0.39 is 24.3 Å². The molecule has 0 radical (unpaired) electrons. The van der Waals surface area contributed by atoms with E-state index in [1.807, 2.05) is 0 Å². The molecule has 0 spiro atoms. The van der Waals surface area contributed by atoms with Gasteiger partial charge in [-0.1, -0.05) is 23.5 Å². The highest BCUT2D eigenvalue weighted by Gasteiger charge is 2.36. The first-order valence-electron chi connectivity index (χ1n) is 7.59. The number of benzene rings is 1. The van der Waals surface area contributed by atoms with E-state index in [2.05, 4.69) is 20.8 Å². The summed E-state index contributed by atoms with van der Waals surface area (Å²) in [6, 6.07) is 6.55. The van der Waals surface area contributed by atoms with Gasteiger partial charge in [0, 0.05) is 6.42 Å². The number of nitrogens with zero attached hydrogens (tertiary/aromatic N) is 2. The number of carbonyl (C=O) groups is 1. The van der Waals surface area contributed by atoms with Crippen LogP contribution in [0.4, 0.5) is 15.6 Å². The van der Waals surface area contributed by atoms with E-state index in [1.54, 1.807) is 24.3 Å². The SMILES string of the molecule is COc1ccccc1NC(=O)Nc1nnc([C@H]2C[C@H](O)[C@@H](CO)O2)s1. The van der Waals surface area contributed by atoms with Gasteiger partial charge in [-0.15, -0.1) is 10.2 Å². The van der Waals surface area contributed by atoms with E-state index in [1.165, 1.54) is 7.11 Å². The number of hydrogen-bond acceptors (Lipinski definition) is 8. The third kappa shape index (κ3) is 4.04. The molecule has 2 heterocycles. The summed E-state index contributed by atoms with van der Waals surface area (Å²) in [7, 11) is 1.52. The van der Waals surface area contributed by atoms with Crippen LogP contribution in [-0.4, -0.2) is 52.4 Å². The quantitative estimate of drug-likeness (QED) is 0.630. The molecule has 1 aromatic carbocycles. The van der Waals surface area contributed by atoms with Crippen molar-refractivity contribution in [3.63, 3.8) is 0 Å². The van der Waals surface area contributed by atoms with Crippen LogP contribution in [0.3, 0.4) is 0 Å². The molecule has 1 aromatic heterocycles. The largest absolute Gasteiger partial charge is 0.495 e. The summed E-state index contributed by atoms with van der Waals surface area (Å²) in [5, 5.41) is 32.9. The van der Waals surface area contributed by atoms with Gasteiger partial charge in [0.15, 0.2) is 0 Å². The van der Waals surface area contributed by atoms with Crippen molar-refractivity contribution >= 4 is 28.2 Å². The Kier molecular flexibility index (Phi) is 5.43. The first-order chi connectivity index (χ1) is 12.1. The minimum atomic E-state index is -0.746. The molecule has 0 saturated carbocycles. The number of para-hydroxylation sites is 2. The molecule has 3 atom stereocenters. The summed E-state index contributed by atoms with van der Waals surface area (Å²) >= 11 is 1.15. The van der Waals surface area contributed by atoms with Gasteiger partial charge in [0.2, 0.25) is 5.13 Å². The van der Waals surface area contributed by atoms with Crippen LogP contribution in [0, 0.1) is 0 Å². The van der Waals surface area contributed by atoms with Crippen LogP contribution in [0.5, 0.6) is 5.75 Å². The van der Waals surface area contributed by atoms with Crippen molar-refractivity contribution in [2.45, 2.75) is 24.7 Å². The second-order valence-electron chi connectivity index (χ2n) is 5.37. The summed E-state index contributed by atoms with van der Waals surface area (Å²) in [5.41, 5.74) is 0.528. The van der Waals surface area contributed by atoms with Crippen LogP contribution in [0.15, 0.2) is 24.3 Å². The molecular formula is C15H18N4O5S. The number of ether oxygens (including phenoxy) is 2. The minimum absolute atomic E-state index is 0.261. The average Bonchev–Trinajstić information content (AvgIpc) is 3.21. The number of methoxy groups -OCH3 is 1. The molecule has 3 rings (SSSR count). The fourth-order valence-electron chi connectivity index (χ4n) is 2.47. The topological polar surface area (TPSA) is 126 Å². The number of rotatable bonds is 5. The summed E-state index contributed by atoms with van der Waals surface area (Å²) in [6.07, 6.45) is -1.49. The predicted octanol–water partition coefficient (Wildman–Crippen LogP) is 1.37. The normalized spacial score (nSPS) is 22.6. The Morgan fingerprint density at radius 2 is 2.20 bits per heavy atom. The molecule has 0 aliphatic carbocycles. The van der Waals surface area contributed by atoms with Gasteiger partial charge in [-0.3, -0.25) is 5.32 Å². The maximum atomic E-state index is 12.1. The Morgan fingerprint density at radius 1 is 1.40 bits per heavy atom. The Hall–Kier alpha value is -2.27. The second kappa shape index (κ2) is 7.74. The molecule has 25 heavy (non-hydrogen) atoms. The minimum Gasteiger partial charge on any atom is -0.495 e. The molecule has 1 fully saturated rings. The van der Waals surface area contributed by atoms with Gasteiger partial charge in [0.05, 0.1) is 25.5 Å². The number of nitrogens with one attached hydrogen (secondary N) is 2. The maximum Gasteiger partial charge on any atom is 0.325 e. The van der Waals surface area contributed by atoms with Crippen LogP contribution >= 0.6 is 11.3 Å². The molecule has 9 nitrogen and oxygen atoms in total. The van der Waals surface area contributed by atoms with Crippen LogP contribution < -0.4 is 15.4 Å². The summed E-state index contributed by atoms with van der Waals surface area (Å²) in [5.74, 6) is 0.541. The number of aliphatic hydroxyl groups excluding tert-OH is 2. The Bertz CT molecular complexity index is 740. The molecule has 134 valence electrons. The molecule has 10 heteroatoms. The van der Waals surface area contributed by atoms with Gasteiger partial charge in [0.1, 0.15) is 23.0 Å². The average molecular weight is 366 g/mol. The molecule has 1 aliphatic heterocycles. The molecule has 2 amide bonds. The Morgan fingerprint density at radius 3 is 2.92 bits per heavy atom. The number of aliphatic hydroxyl groups is 2. The van der Waals surface area contributed by atoms with Crippen molar-refractivity contribution in [3.05, 3.63) is 29.3 Å². The standard InChI is InChI=1S/C15H18N4O5S/c1-23-10-5-3-2-4-8(10)16-14(22)17-15-19-18-13(25-15)11-6-9(21)12(7-20)24-11/h2-5,9,11-12,20-21H,6-7H2,1H3,(H2,16,17,19,22)/t9-,11+,12+/m0/s1. The fourth-order valence-corrected chi connectivity index (χ4v) is 3.25. The van der Waals surface area contributed by atoms with E-state index >= 15 is 0 Å². The van der Waals surface area contributed by atoms with E-state index in [0.717, 1.165) is 11.3 Å². The predicted molar refractivity (Wildman–Crippen MR) is 90.9 cm³/mol. The van der Waals surface area contributed by atoms with E-state index in [4.69, 9.17) is 14.6 Å². The lowest BCUT2D eigenvalue weighted by Crippen LogP contribution is -2.24. The van der Waals surface area contributed by atoms with Crippen molar-refractivity contribution in [2.75, 3.05) is 24.4 Å². The monoisotopic (exact) mass is 366 g/mol. The molecule has 1 aliphatic rings. The van der Waals surface area contributed by atoms with Crippen molar-refractivity contribution in [2.24, 2.45) is 0 Å². The molecule has 2 aromatic rings. The lowest BCUT2D eigenvalue weighted by Gasteiger charge is -2.10. The van der Waals surface area contributed by atoms with Crippen molar-refractivity contribution < 1.29 is 24.5 Å². The number of urea groups is 1. The van der Waals surface area contributed by atoms with Gasteiger partial charge < -0.3 is 25.0 Å². The highest BCUT2D eigenvalue weighted by molar-refractivity contribution is 7.15. The van der Waals surface area contributed by atoms with E-state index in [-0.39, 0.29) is 6.61 Å². The zero-order valence-corrected chi connectivity index (χ0v) is 14.2. The maximum absolute atomic E-state index is 12.1. The van der Waals surface area contributed by atoms with Gasteiger partial charge in [-0.05, 0) is 12.1 Å². The van der Waals surface area contributed by atoms with Crippen LogP contribution in [0.1, 0.15) is 17.5 Å². The Balaban J connectivity index is 1.61. The lowest BCUT2D eigenvalue weighted by molar-refractivity contribution is -0.0227. The van der Waals surface area contributed by atoms with E-state index in [0.29, 0.717) is 28.0 Å². The lowest BCUT2D eigenvalue weighted by atomic mass is 10.1. The number of amides is 2. The van der Waals surface area contributed by atoms with Crippen LogP contribution in [-0.2, 0) is 4.74 Å². The third-order valence-electron chi connectivity index (χ3n) is 3.70. The van der Waals surface area contributed by atoms with Crippen molar-refractivity contribution in [1.82, 2.24) is 10.2 Å². The van der Waals surface area contributed by atoms with Crippen molar-refractivity contribution in [1.29, 1.82) is 0 Å². The summed E-state index contributed by atoms with van der Waals surface area (Å²) < 4.78 is 10.7. The highest BCUT2D eigenvalue weighted by Crippen LogP contribution is 2.35. The van der Waals surface area contributed by atoms with Crippen LogP contribution in [0.25, 0.3) is 0 Å². The van der Waals surface area contributed by atoms with Crippen molar-refractivity contribution in [3.8, 4) is 5.75 Å². The third-order valence-corrected chi connectivity index (χ3v) is 4.63. The number of aromatic nitrogens is 2. The molecular weight excluding hydrogens is 348 g/mol. The highest BCUT2D eigenvalue weighted by atomic mass is 32.1. The number of carbonyl (C=O) groups excluding carboxylic acids is 1. The first-order valence-corrected chi connectivity index (χ1v) is 8.41. The van der Waals surface area contributed by atoms with Gasteiger partial charge >= 0.3 is 6.03 Å². The van der Waals surface area contributed by atoms with Gasteiger partial charge in [-0.25, -0.2) is 4.79 Å². The molecule has 0 unspecified atom stereocenters. The van der Waals surface area contributed by atoms with Gasteiger partial charge in [-0.2, -0.15) is 0 Å². The fraction of sp³-hybridized carbons (Fsp3) is 0.400. The number of anilines is 2. The molecule has 0 bridgehead atoms. The molecule has 1 saturated heterocycles. The zero-order valence-electron chi connectivity index (χ0n) is 13.4.